The zero-order valence-corrected chi connectivity index (χ0v) is 12.4. The third kappa shape index (κ3) is 3.65. The predicted molar refractivity (Wildman–Crippen MR) is 79.7 cm³/mol. The number of anilines is 2. The lowest BCUT2D eigenvalue weighted by atomic mass is 9.79. The number of pyridine rings is 1. The quantitative estimate of drug-likeness (QED) is 0.801. The minimum atomic E-state index is -0.689. The van der Waals surface area contributed by atoms with Gasteiger partial charge in [0.1, 0.15) is 11.6 Å². The molecule has 0 aromatic carbocycles. The summed E-state index contributed by atoms with van der Waals surface area (Å²) >= 11 is 11.9. The van der Waals surface area contributed by atoms with Crippen LogP contribution in [0.15, 0.2) is 6.07 Å². The maximum atomic E-state index is 10.5. The van der Waals surface area contributed by atoms with Crippen LogP contribution in [0.2, 0.25) is 10.0 Å². The lowest BCUT2D eigenvalue weighted by Crippen LogP contribution is -2.40. The van der Waals surface area contributed by atoms with Gasteiger partial charge in [-0.2, -0.15) is 0 Å². The molecule has 0 bridgehead atoms. The maximum Gasteiger partial charge on any atom is 0.147 e. The second-order valence-electron chi connectivity index (χ2n) is 5.45. The van der Waals surface area contributed by atoms with Crippen molar-refractivity contribution in [3.05, 3.63) is 16.1 Å². The van der Waals surface area contributed by atoms with E-state index in [0.29, 0.717) is 28.3 Å². The van der Waals surface area contributed by atoms with Gasteiger partial charge in [-0.1, -0.05) is 30.1 Å². The molecule has 1 aromatic rings. The van der Waals surface area contributed by atoms with E-state index >= 15 is 0 Å². The Hall–Kier alpha value is -0.710. The van der Waals surface area contributed by atoms with Gasteiger partial charge in [0.25, 0.3) is 0 Å². The molecule has 106 valence electrons. The molecule has 1 aromatic heterocycles. The van der Waals surface area contributed by atoms with E-state index < -0.39 is 5.60 Å². The third-order valence-corrected chi connectivity index (χ3v) is 4.34. The Morgan fingerprint density at radius 1 is 1.42 bits per heavy atom. The third-order valence-electron chi connectivity index (χ3n) is 3.75. The molecule has 6 heteroatoms. The number of nitrogens with zero attached hydrogens (tertiary/aromatic N) is 1. The lowest BCUT2D eigenvalue weighted by molar-refractivity contribution is 0.00495. The smallest absolute Gasteiger partial charge is 0.147 e. The average Bonchev–Trinajstić information content (AvgIpc) is 2.36. The Kier molecular flexibility index (Phi) is 4.43. The summed E-state index contributed by atoms with van der Waals surface area (Å²) in [6.07, 6.45) is 3.67. The van der Waals surface area contributed by atoms with E-state index in [9.17, 15) is 5.11 Å². The van der Waals surface area contributed by atoms with Gasteiger partial charge in [0.05, 0.1) is 15.6 Å². The van der Waals surface area contributed by atoms with Gasteiger partial charge in [0, 0.05) is 6.54 Å². The number of aromatic nitrogens is 1. The summed E-state index contributed by atoms with van der Waals surface area (Å²) in [5, 5.41) is 14.3. The largest absolute Gasteiger partial charge is 0.388 e. The van der Waals surface area contributed by atoms with Gasteiger partial charge in [-0.3, -0.25) is 0 Å². The van der Waals surface area contributed by atoms with Crippen LogP contribution < -0.4 is 11.1 Å². The number of nitrogens with one attached hydrogen (secondary N) is 1. The van der Waals surface area contributed by atoms with E-state index in [1.54, 1.807) is 6.07 Å². The molecule has 4 N–H and O–H groups in total. The van der Waals surface area contributed by atoms with Crippen LogP contribution in [0.5, 0.6) is 0 Å². The zero-order chi connectivity index (χ0) is 14.0. The van der Waals surface area contributed by atoms with Gasteiger partial charge in [-0.25, -0.2) is 4.98 Å². The summed E-state index contributed by atoms with van der Waals surface area (Å²) in [5.41, 5.74) is 4.96. The number of rotatable bonds is 3. The number of halogens is 2. The molecule has 0 aliphatic heterocycles. The first-order chi connectivity index (χ1) is 8.89. The minimum absolute atomic E-state index is 0.234. The topological polar surface area (TPSA) is 71.2 Å². The SMILES string of the molecule is CC1CCC(O)(CNc2nc(N)c(Cl)cc2Cl)CC1. The monoisotopic (exact) mass is 303 g/mol. The highest BCUT2D eigenvalue weighted by Gasteiger charge is 2.31. The fourth-order valence-electron chi connectivity index (χ4n) is 2.33. The van der Waals surface area contributed by atoms with Gasteiger partial charge >= 0.3 is 0 Å². The minimum Gasteiger partial charge on any atom is -0.388 e. The number of aliphatic hydroxyl groups is 1. The Bertz CT molecular complexity index is 459. The number of hydrogen-bond acceptors (Lipinski definition) is 4. The van der Waals surface area contributed by atoms with Crippen molar-refractivity contribution < 1.29 is 5.11 Å². The molecule has 4 nitrogen and oxygen atoms in total. The molecule has 0 radical (unpaired) electrons. The van der Waals surface area contributed by atoms with E-state index in [2.05, 4.69) is 17.2 Å². The van der Waals surface area contributed by atoms with Gasteiger partial charge in [-0.15, -0.1) is 0 Å². The van der Waals surface area contributed by atoms with Crippen molar-refractivity contribution in [2.24, 2.45) is 5.92 Å². The van der Waals surface area contributed by atoms with Crippen LogP contribution in [-0.4, -0.2) is 22.2 Å². The van der Waals surface area contributed by atoms with Crippen molar-refractivity contribution in [1.29, 1.82) is 0 Å². The van der Waals surface area contributed by atoms with Gasteiger partial charge < -0.3 is 16.2 Å². The second kappa shape index (κ2) is 5.73. The molecular formula is C13H19Cl2N3O. The van der Waals surface area contributed by atoms with Crippen LogP contribution in [0.25, 0.3) is 0 Å². The summed E-state index contributed by atoms with van der Waals surface area (Å²) in [7, 11) is 0. The van der Waals surface area contributed by atoms with E-state index in [1.807, 2.05) is 0 Å². The first-order valence-corrected chi connectivity index (χ1v) is 7.23. The number of hydrogen-bond donors (Lipinski definition) is 3. The fourth-order valence-corrected chi connectivity index (χ4v) is 2.75. The first kappa shape index (κ1) is 14.7. The van der Waals surface area contributed by atoms with Gasteiger partial charge in [-0.05, 0) is 37.7 Å². The molecular weight excluding hydrogens is 285 g/mol. The summed E-state index contributed by atoms with van der Waals surface area (Å²) in [6, 6.07) is 1.56. The van der Waals surface area contributed by atoms with Crippen molar-refractivity contribution in [3.63, 3.8) is 0 Å². The molecule has 2 rings (SSSR count). The molecule has 1 aliphatic rings. The fraction of sp³-hybridized carbons (Fsp3) is 0.615. The summed E-state index contributed by atoms with van der Waals surface area (Å²) in [6.45, 7) is 2.64. The molecule has 1 fully saturated rings. The Balaban J connectivity index is 2.01. The van der Waals surface area contributed by atoms with Gasteiger partial charge in [0.2, 0.25) is 0 Å². The van der Waals surface area contributed by atoms with E-state index in [0.717, 1.165) is 25.7 Å². The van der Waals surface area contributed by atoms with E-state index in [-0.39, 0.29) is 5.82 Å². The van der Waals surface area contributed by atoms with Crippen LogP contribution in [0, 0.1) is 5.92 Å². The Morgan fingerprint density at radius 3 is 2.68 bits per heavy atom. The highest BCUT2D eigenvalue weighted by molar-refractivity contribution is 6.37. The molecule has 1 saturated carbocycles. The molecule has 1 heterocycles. The first-order valence-electron chi connectivity index (χ1n) is 6.47. The van der Waals surface area contributed by atoms with Crippen LogP contribution in [0.4, 0.5) is 11.6 Å². The number of nitrogen functional groups attached to an aromatic ring is 1. The van der Waals surface area contributed by atoms with Crippen molar-refractivity contribution >= 4 is 34.8 Å². The van der Waals surface area contributed by atoms with Crippen molar-refractivity contribution in [2.45, 2.75) is 38.2 Å². The van der Waals surface area contributed by atoms with Crippen molar-refractivity contribution in [1.82, 2.24) is 4.98 Å². The molecule has 19 heavy (non-hydrogen) atoms. The lowest BCUT2D eigenvalue weighted by Gasteiger charge is -2.35. The summed E-state index contributed by atoms with van der Waals surface area (Å²) in [5.74, 6) is 1.39. The summed E-state index contributed by atoms with van der Waals surface area (Å²) < 4.78 is 0. The van der Waals surface area contributed by atoms with Crippen molar-refractivity contribution in [3.8, 4) is 0 Å². The molecule has 0 amide bonds. The Labute approximate surface area is 123 Å². The predicted octanol–water partition coefficient (Wildman–Crippen LogP) is 3.32. The molecule has 0 saturated heterocycles. The van der Waals surface area contributed by atoms with Crippen LogP contribution in [0.3, 0.4) is 0 Å². The molecule has 0 unspecified atom stereocenters. The average molecular weight is 304 g/mol. The van der Waals surface area contributed by atoms with E-state index in [1.165, 1.54) is 0 Å². The highest BCUT2D eigenvalue weighted by Crippen LogP contribution is 2.33. The van der Waals surface area contributed by atoms with Crippen LogP contribution in [0.1, 0.15) is 32.6 Å². The Morgan fingerprint density at radius 2 is 2.05 bits per heavy atom. The number of nitrogens with two attached hydrogens (primary N) is 1. The second-order valence-corrected chi connectivity index (χ2v) is 6.26. The standard InChI is InChI=1S/C13H19Cl2N3O/c1-8-2-4-13(19,5-3-8)7-17-12-10(15)6-9(14)11(16)18-12/h6,8,19H,2-5,7H2,1H3,(H3,16,17,18). The van der Waals surface area contributed by atoms with Gasteiger partial charge in [0.15, 0.2) is 0 Å². The van der Waals surface area contributed by atoms with Crippen molar-refractivity contribution in [2.75, 3.05) is 17.6 Å². The maximum absolute atomic E-state index is 10.5. The molecule has 0 atom stereocenters. The van der Waals surface area contributed by atoms with Crippen LogP contribution >= 0.6 is 23.2 Å². The highest BCUT2D eigenvalue weighted by atomic mass is 35.5. The van der Waals surface area contributed by atoms with E-state index in [4.69, 9.17) is 28.9 Å². The summed E-state index contributed by atoms with van der Waals surface area (Å²) in [4.78, 5) is 4.09. The zero-order valence-electron chi connectivity index (χ0n) is 10.9. The van der Waals surface area contributed by atoms with Crippen LogP contribution in [-0.2, 0) is 0 Å². The normalized spacial score (nSPS) is 27.3. The molecule has 1 aliphatic carbocycles. The molecule has 0 spiro atoms.